The summed E-state index contributed by atoms with van der Waals surface area (Å²) in [6.07, 6.45) is 0.894. The van der Waals surface area contributed by atoms with E-state index in [1.807, 2.05) is 25.1 Å². The first-order valence-electron chi connectivity index (χ1n) is 8.00. The van der Waals surface area contributed by atoms with Gasteiger partial charge in [-0.2, -0.15) is 5.26 Å². The Morgan fingerprint density at radius 2 is 1.88 bits per heavy atom. The Balaban J connectivity index is 2.14. The Hall–Kier alpha value is -2.97. The number of Topliss-reactive ketones (excluding diaryl/α,β-unsaturated/α-hetero) is 1. The number of nitrogens with one attached hydrogen (secondary N) is 1. The lowest BCUT2D eigenvalue weighted by Gasteiger charge is -2.11. The van der Waals surface area contributed by atoms with Crippen LogP contribution in [-0.4, -0.2) is 18.8 Å². The molecule has 1 N–H and O–H groups in total. The maximum atomic E-state index is 12.5. The molecule has 0 heterocycles. The van der Waals surface area contributed by atoms with Gasteiger partial charge in [0.05, 0.1) is 12.7 Å². The van der Waals surface area contributed by atoms with Crippen molar-refractivity contribution in [2.24, 2.45) is 5.92 Å². The van der Waals surface area contributed by atoms with Gasteiger partial charge >= 0.3 is 0 Å². The summed E-state index contributed by atoms with van der Waals surface area (Å²) in [6.45, 7) is 2.39. The predicted octanol–water partition coefficient (Wildman–Crippen LogP) is 3.36. The van der Waals surface area contributed by atoms with Gasteiger partial charge in [0.2, 0.25) is 5.91 Å². The highest BCUT2D eigenvalue weighted by atomic mass is 16.5. The number of benzene rings is 2. The number of nitrogens with zero attached hydrogens (tertiary/aromatic N) is 1. The number of carbonyl (C=O) groups is 2. The molecule has 0 bridgehead atoms. The summed E-state index contributed by atoms with van der Waals surface area (Å²) in [5, 5.41) is 11.9. The monoisotopic (exact) mass is 336 g/mol. The van der Waals surface area contributed by atoms with Crippen molar-refractivity contribution in [3.63, 3.8) is 0 Å². The second-order valence-electron chi connectivity index (χ2n) is 5.60. The molecule has 1 amide bonds. The molecule has 2 rings (SSSR count). The third-order valence-electron chi connectivity index (χ3n) is 3.81. The molecule has 0 spiro atoms. The van der Waals surface area contributed by atoms with Crippen LogP contribution in [0.25, 0.3) is 0 Å². The Labute approximate surface area is 147 Å². The van der Waals surface area contributed by atoms with E-state index in [9.17, 15) is 14.9 Å². The molecule has 128 valence electrons. The third-order valence-corrected chi connectivity index (χ3v) is 3.81. The van der Waals surface area contributed by atoms with Gasteiger partial charge in [0.15, 0.2) is 11.7 Å². The van der Waals surface area contributed by atoms with Crippen molar-refractivity contribution in [3.05, 3.63) is 65.2 Å². The van der Waals surface area contributed by atoms with Crippen LogP contribution in [-0.2, 0) is 22.6 Å². The van der Waals surface area contributed by atoms with Crippen LogP contribution in [0.3, 0.4) is 0 Å². The second-order valence-corrected chi connectivity index (χ2v) is 5.60. The first kappa shape index (κ1) is 18.4. The summed E-state index contributed by atoms with van der Waals surface area (Å²) in [4.78, 5) is 24.9. The molecule has 5 nitrogen and oxygen atoms in total. The van der Waals surface area contributed by atoms with E-state index in [4.69, 9.17) is 4.74 Å². The lowest BCUT2D eigenvalue weighted by atomic mass is 9.96. The van der Waals surface area contributed by atoms with Crippen LogP contribution in [0.4, 0.5) is 5.69 Å². The van der Waals surface area contributed by atoms with Crippen LogP contribution >= 0.6 is 0 Å². The first-order chi connectivity index (χ1) is 12.1. The predicted molar refractivity (Wildman–Crippen MR) is 95.0 cm³/mol. The number of anilines is 1. The Morgan fingerprint density at radius 3 is 2.48 bits per heavy atom. The lowest BCUT2D eigenvalue weighted by Crippen LogP contribution is -2.28. The van der Waals surface area contributed by atoms with Crippen LogP contribution in [0.15, 0.2) is 48.5 Å². The number of hydrogen-bond donors (Lipinski definition) is 1. The van der Waals surface area contributed by atoms with Gasteiger partial charge in [0.1, 0.15) is 0 Å². The van der Waals surface area contributed by atoms with E-state index in [1.54, 1.807) is 43.5 Å². The van der Waals surface area contributed by atoms with Crippen molar-refractivity contribution in [1.29, 1.82) is 5.26 Å². The Morgan fingerprint density at radius 1 is 1.16 bits per heavy atom. The topological polar surface area (TPSA) is 79.2 Å². The molecule has 0 saturated heterocycles. The number of aryl methyl sites for hydroxylation is 1. The van der Waals surface area contributed by atoms with E-state index < -0.39 is 17.6 Å². The normalized spacial score (nSPS) is 11.4. The molecule has 0 aliphatic carbocycles. The third kappa shape index (κ3) is 4.75. The second kappa shape index (κ2) is 8.76. The van der Waals surface area contributed by atoms with Crippen molar-refractivity contribution in [2.75, 3.05) is 12.4 Å². The van der Waals surface area contributed by atoms with Gasteiger partial charge in [-0.3, -0.25) is 9.59 Å². The number of carbonyl (C=O) groups excluding carboxylic acids is 2. The summed E-state index contributed by atoms with van der Waals surface area (Å²) in [5.41, 5.74) is 2.82. The van der Waals surface area contributed by atoms with Gasteiger partial charge in [-0.15, -0.1) is 0 Å². The number of ether oxygens (including phenoxy) is 1. The molecule has 0 unspecified atom stereocenters. The maximum Gasteiger partial charge on any atom is 0.249 e. The fourth-order valence-corrected chi connectivity index (χ4v) is 2.42. The minimum atomic E-state index is -1.40. The van der Waals surface area contributed by atoms with Gasteiger partial charge in [-0.1, -0.05) is 37.3 Å². The molecule has 0 aromatic heterocycles. The van der Waals surface area contributed by atoms with Crippen molar-refractivity contribution in [2.45, 2.75) is 20.0 Å². The molecular weight excluding hydrogens is 316 g/mol. The van der Waals surface area contributed by atoms with E-state index in [0.717, 1.165) is 17.5 Å². The minimum Gasteiger partial charge on any atom is -0.380 e. The molecule has 2 aromatic carbocycles. The lowest BCUT2D eigenvalue weighted by molar-refractivity contribution is -0.117. The smallest absolute Gasteiger partial charge is 0.249 e. The highest BCUT2D eigenvalue weighted by Crippen LogP contribution is 2.15. The highest BCUT2D eigenvalue weighted by Gasteiger charge is 2.27. The Kier molecular flexibility index (Phi) is 6.44. The number of amides is 1. The number of methoxy groups -OCH3 is 1. The van der Waals surface area contributed by atoms with Gasteiger partial charge in [0.25, 0.3) is 0 Å². The zero-order valence-electron chi connectivity index (χ0n) is 14.3. The SMILES string of the molecule is CCc1ccc(NC(=O)[C@@H](C#N)C(=O)c2cccc(COC)c2)cc1. The molecule has 5 heteroatoms. The highest BCUT2D eigenvalue weighted by molar-refractivity contribution is 6.15. The molecular formula is C20H20N2O3. The zero-order valence-corrected chi connectivity index (χ0v) is 14.3. The zero-order chi connectivity index (χ0) is 18.2. The molecule has 0 aliphatic rings. The van der Waals surface area contributed by atoms with Crippen LogP contribution in [0, 0.1) is 17.2 Å². The number of ketones is 1. The van der Waals surface area contributed by atoms with Gasteiger partial charge in [-0.05, 0) is 35.7 Å². The van der Waals surface area contributed by atoms with Crippen LogP contribution in [0.1, 0.15) is 28.4 Å². The average molecular weight is 336 g/mol. The summed E-state index contributed by atoms with van der Waals surface area (Å²) in [6, 6.07) is 15.9. The maximum absolute atomic E-state index is 12.5. The molecule has 2 aromatic rings. The Bertz CT molecular complexity index is 791. The first-order valence-corrected chi connectivity index (χ1v) is 8.00. The van der Waals surface area contributed by atoms with E-state index in [-0.39, 0.29) is 0 Å². The minimum absolute atomic E-state index is 0.317. The van der Waals surface area contributed by atoms with Crippen molar-refractivity contribution in [1.82, 2.24) is 0 Å². The van der Waals surface area contributed by atoms with Crippen LogP contribution in [0.5, 0.6) is 0 Å². The van der Waals surface area contributed by atoms with E-state index >= 15 is 0 Å². The fourth-order valence-electron chi connectivity index (χ4n) is 2.42. The molecule has 0 saturated carbocycles. The molecule has 0 aliphatic heterocycles. The van der Waals surface area contributed by atoms with Crippen LogP contribution in [0.2, 0.25) is 0 Å². The number of rotatable bonds is 7. The fraction of sp³-hybridized carbons (Fsp3) is 0.250. The standard InChI is InChI=1S/C20H20N2O3/c1-3-14-7-9-17(10-8-14)22-20(24)18(12-21)19(23)16-6-4-5-15(11-16)13-25-2/h4-11,18H,3,13H2,1-2H3,(H,22,24)/t18-/m0/s1. The van der Waals surface area contributed by atoms with Crippen molar-refractivity contribution in [3.8, 4) is 6.07 Å². The largest absolute Gasteiger partial charge is 0.380 e. The number of nitriles is 1. The van der Waals surface area contributed by atoms with Crippen molar-refractivity contribution >= 4 is 17.4 Å². The summed E-state index contributed by atoms with van der Waals surface area (Å²) < 4.78 is 5.04. The quantitative estimate of drug-likeness (QED) is 0.621. The van der Waals surface area contributed by atoms with Crippen LogP contribution < -0.4 is 5.32 Å². The average Bonchev–Trinajstić information content (AvgIpc) is 2.63. The molecule has 25 heavy (non-hydrogen) atoms. The summed E-state index contributed by atoms with van der Waals surface area (Å²) in [7, 11) is 1.56. The van der Waals surface area contributed by atoms with Crippen molar-refractivity contribution < 1.29 is 14.3 Å². The van der Waals surface area contributed by atoms with Gasteiger partial charge in [0, 0.05) is 18.4 Å². The molecule has 1 atom stereocenters. The van der Waals surface area contributed by atoms with Gasteiger partial charge in [-0.25, -0.2) is 0 Å². The molecule has 0 radical (unpaired) electrons. The van der Waals surface area contributed by atoms with Gasteiger partial charge < -0.3 is 10.1 Å². The molecule has 0 fully saturated rings. The summed E-state index contributed by atoms with van der Waals surface area (Å²) in [5.74, 6) is -2.55. The number of hydrogen-bond acceptors (Lipinski definition) is 4. The van der Waals surface area contributed by atoms with E-state index in [2.05, 4.69) is 5.32 Å². The van der Waals surface area contributed by atoms with E-state index in [1.165, 1.54) is 0 Å². The van der Waals surface area contributed by atoms with E-state index in [0.29, 0.717) is 17.9 Å². The summed E-state index contributed by atoms with van der Waals surface area (Å²) >= 11 is 0.